The Morgan fingerprint density at radius 2 is 1.88 bits per heavy atom. The number of Topliss-reactive ketones (excluding diaryl/α,β-unsaturated/α-hetero) is 1. The highest BCUT2D eigenvalue weighted by Crippen LogP contribution is 2.39. The largest absolute Gasteiger partial charge is 0.315 e. The smallest absolute Gasteiger partial charge is 0.234 e. The number of benzene rings is 2. The Balaban J connectivity index is 1.82. The third-order valence-corrected chi connectivity index (χ3v) is 4.56. The third kappa shape index (κ3) is 2.96. The van der Waals surface area contributed by atoms with Gasteiger partial charge in [0.25, 0.3) is 0 Å². The lowest BCUT2D eigenvalue weighted by Gasteiger charge is -2.11. The van der Waals surface area contributed by atoms with Crippen LogP contribution in [0.4, 0.5) is 10.1 Å². The summed E-state index contributed by atoms with van der Waals surface area (Å²) in [5.41, 5.74) is 3.06. The molecule has 1 heterocycles. The number of fused-ring (bicyclic) bond motifs is 1. The normalized spacial score (nSPS) is 16.4. The Hall–Kier alpha value is -2.49. The lowest BCUT2D eigenvalue weighted by Crippen LogP contribution is -2.25. The predicted molar refractivity (Wildman–Crippen MR) is 91.9 cm³/mol. The molecular formula is C20H20FNO2. The second-order valence-corrected chi connectivity index (χ2v) is 6.23. The first-order valence-corrected chi connectivity index (χ1v) is 8.20. The van der Waals surface area contributed by atoms with E-state index in [4.69, 9.17) is 0 Å². The van der Waals surface area contributed by atoms with E-state index in [0.717, 1.165) is 12.8 Å². The fourth-order valence-corrected chi connectivity index (χ4v) is 3.24. The van der Waals surface area contributed by atoms with Crippen LogP contribution in [0.3, 0.4) is 0 Å². The maximum Gasteiger partial charge on any atom is 0.234 e. The van der Waals surface area contributed by atoms with E-state index in [2.05, 4.69) is 6.92 Å². The molecule has 3 rings (SSSR count). The van der Waals surface area contributed by atoms with Gasteiger partial charge in [-0.3, -0.25) is 9.59 Å². The van der Waals surface area contributed by atoms with Crippen LogP contribution in [0.5, 0.6) is 0 Å². The average molecular weight is 325 g/mol. The van der Waals surface area contributed by atoms with Crippen molar-refractivity contribution >= 4 is 17.4 Å². The Kier molecular flexibility index (Phi) is 4.47. The van der Waals surface area contributed by atoms with Crippen LogP contribution in [-0.4, -0.2) is 18.7 Å². The molecule has 0 radical (unpaired) electrons. The number of aryl methyl sites for hydroxylation is 1. The molecule has 0 N–H and O–H groups in total. The summed E-state index contributed by atoms with van der Waals surface area (Å²) in [4.78, 5) is 26.5. The summed E-state index contributed by atoms with van der Waals surface area (Å²) in [5.74, 6) is -1.25. The standard InChI is InChI=1S/C20H20FNO2/c1-3-4-13-5-7-14(8-6-13)19(23)12-17-16-11-15(21)9-10-18(16)22(2)20(17)24/h5-11,17H,3-4,12H2,1-2H3. The van der Waals surface area contributed by atoms with Crippen molar-refractivity contribution in [3.8, 4) is 0 Å². The Morgan fingerprint density at radius 3 is 2.54 bits per heavy atom. The van der Waals surface area contributed by atoms with Gasteiger partial charge in [0.2, 0.25) is 5.91 Å². The summed E-state index contributed by atoms with van der Waals surface area (Å²) in [7, 11) is 1.66. The van der Waals surface area contributed by atoms with E-state index >= 15 is 0 Å². The van der Waals surface area contributed by atoms with Gasteiger partial charge in [0.1, 0.15) is 5.82 Å². The van der Waals surface area contributed by atoms with Gasteiger partial charge in [0.15, 0.2) is 5.78 Å². The minimum atomic E-state index is -0.608. The number of carbonyl (C=O) groups excluding carboxylic acids is 2. The molecule has 24 heavy (non-hydrogen) atoms. The van der Waals surface area contributed by atoms with E-state index in [1.807, 2.05) is 24.3 Å². The van der Waals surface area contributed by atoms with Crippen LogP contribution in [0.1, 0.15) is 47.2 Å². The van der Waals surface area contributed by atoms with E-state index < -0.39 is 11.7 Å². The van der Waals surface area contributed by atoms with E-state index in [9.17, 15) is 14.0 Å². The van der Waals surface area contributed by atoms with Gasteiger partial charge in [-0.15, -0.1) is 0 Å². The molecule has 124 valence electrons. The third-order valence-electron chi connectivity index (χ3n) is 4.56. The topological polar surface area (TPSA) is 37.4 Å². The lowest BCUT2D eigenvalue weighted by molar-refractivity contribution is -0.119. The van der Waals surface area contributed by atoms with E-state index in [-0.39, 0.29) is 18.1 Å². The molecule has 0 bridgehead atoms. The molecule has 0 aliphatic carbocycles. The van der Waals surface area contributed by atoms with Crippen molar-refractivity contribution in [1.82, 2.24) is 0 Å². The molecule has 2 aromatic rings. The number of ketones is 1. The number of carbonyl (C=O) groups is 2. The van der Waals surface area contributed by atoms with Crippen LogP contribution >= 0.6 is 0 Å². The van der Waals surface area contributed by atoms with Gasteiger partial charge in [-0.25, -0.2) is 4.39 Å². The number of hydrogen-bond acceptors (Lipinski definition) is 2. The minimum absolute atomic E-state index is 0.0623. The first-order valence-electron chi connectivity index (χ1n) is 8.20. The summed E-state index contributed by atoms with van der Waals surface area (Å²) < 4.78 is 13.6. The van der Waals surface area contributed by atoms with Gasteiger partial charge < -0.3 is 4.90 Å². The summed E-state index contributed by atoms with van der Waals surface area (Å²) in [6.45, 7) is 2.11. The molecule has 0 spiro atoms. The van der Waals surface area contributed by atoms with Crippen molar-refractivity contribution in [2.45, 2.75) is 32.1 Å². The molecule has 0 fully saturated rings. The van der Waals surface area contributed by atoms with Gasteiger partial charge in [-0.2, -0.15) is 0 Å². The van der Waals surface area contributed by atoms with E-state index in [0.29, 0.717) is 16.8 Å². The molecule has 0 saturated carbocycles. The van der Waals surface area contributed by atoms with Crippen LogP contribution in [0.25, 0.3) is 0 Å². The molecule has 0 aromatic heterocycles. The number of hydrogen-bond donors (Lipinski definition) is 0. The summed E-state index contributed by atoms with van der Waals surface area (Å²) in [6.07, 6.45) is 2.10. The highest BCUT2D eigenvalue weighted by molar-refractivity contribution is 6.08. The van der Waals surface area contributed by atoms with Crippen molar-refractivity contribution in [1.29, 1.82) is 0 Å². The van der Waals surface area contributed by atoms with Crippen molar-refractivity contribution in [3.63, 3.8) is 0 Å². The number of likely N-dealkylation sites (N-methyl/N-ethyl adjacent to an activating group) is 1. The monoisotopic (exact) mass is 325 g/mol. The van der Waals surface area contributed by atoms with Crippen molar-refractivity contribution < 1.29 is 14.0 Å². The van der Waals surface area contributed by atoms with Crippen molar-refractivity contribution in [2.24, 2.45) is 0 Å². The highest BCUT2D eigenvalue weighted by atomic mass is 19.1. The van der Waals surface area contributed by atoms with Crippen molar-refractivity contribution in [3.05, 3.63) is 65.0 Å². The molecule has 0 saturated heterocycles. The van der Waals surface area contributed by atoms with Gasteiger partial charge in [-0.05, 0) is 35.7 Å². The van der Waals surface area contributed by atoms with Crippen LogP contribution < -0.4 is 4.90 Å². The number of amides is 1. The SMILES string of the molecule is CCCc1ccc(C(=O)CC2C(=O)N(C)c3ccc(F)cc32)cc1. The van der Waals surface area contributed by atoms with Gasteiger partial charge >= 0.3 is 0 Å². The van der Waals surface area contributed by atoms with E-state index in [1.165, 1.54) is 22.6 Å². The Morgan fingerprint density at radius 1 is 1.17 bits per heavy atom. The van der Waals surface area contributed by atoms with Gasteiger partial charge in [0.05, 0.1) is 5.92 Å². The first-order chi connectivity index (χ1) is 11.5. The van der Waals surface area contributed by atoms with Crippen LogP contribution in [-0.2, 0) is 11.2 Å². The number of nitrogens with zero attached hydrogens (tertiary/aromatic N) is 1. The average Bonchev–Trinajstić information content (AvgIpc) is 2.80. The summed E-state index contributed by atoms with van der Waals surface area (Å²) in [6, 6.07) is 11.8. The molecule has 1 unspecified atom stereocenters. The summed E-state index contributed by atoms with van der Waals surface area (Å²) in [5, 5.41) is 0. The maximum atomic E-state index is 13.6. The molecule has 1 aliphatic rings. The number of rotatable bonds is 5. The number of halogens is 1. The van der Waals surface area contributed by atoms with Crippen LogP contribution in [0, 0.1) is 5.82 Å². The molecular weight excluding hydrogens is 305 g/mol. The minimum Gasteiger partial charge on any atom is -0.315 e. The predicted octanol–water partition coefficient (Wildman–Crippen LogP) is 4.11. The summed E-state index contributed by atoms with van der Waals surface area (Å²) >= 11 is 0. The number of anilines is 1. The molecule has 2 aromatic carbocycles. The Labute approximate surface area is 141 Å². The quantitative estimate of drug-likeness (QED) is 0.776. The first kappa shape index (κ1) is 16.4. The van der Waals surface area contributed by atoms with E-state index in [1.54, 1.807) is 13.1 Å². The molecule has 4 heteroatoms. The Bertz CT molecular complexity index is 783. The van der Waals surface area contributed by atoms with Gasteiger partial charge in [-0.1, -0.05) is 37.6 Å². The molecule has 1 amide bonds. The zero-order valence-electron chi connectivity index (χ0n) is 13.9. The maximum absolute atomic E-state index is 13.6. The highest BCUT2D eigenvalue weighted by Gasteiger charge is 2.36. The second-order valence-electron chi connectivity index (χ2n) is 6.23. The molecule has 3 nitrogen and oxygen atoms in total. The van der Waals surface area contributed by atoms with Crippen LogP contribution in [0.2, 0.25) is 0 Å². The zero-order valence-corrected chi connectivity index (χ0v) is 13.9. The van der Waals surface area contributed by atoms with Crippen LogP contribution in [0.15, 0.2) is 42.5 Å². The molecule has 1 atom stereocenters. The lowest BCUT2D eigenvalue weighted by atomic mass is 9.92. The zero-order chi connectivity index (χ0) is 17.3. The molecule has 1 aliphatic heterocycles. The second kappa shape index (κ2) is 6.56. The fraction of sp³-hybridized carbons (Fsp3) is 0.300. The van der Waals surface area contributed by atoms with Crippen molar-refractivity contribution in [2.75, 3.05) is 11.9 Å². The van der Waals surface area contributed by atoms with Gasteiger partial charge in [0, 0.05) is 24.7 Å². The fourth-order valence-electron chi connectivity index (χ4n) is 3.24.